The van der Waals surface area contributed by atoms with E-state index < -0.39 is 40.4 Å². The molecule has 1 heterocycles. The summed E-state index contributed by atoms with van der Waals surface area (Å²) in [5, 5.41) is 2.45. The molecule has 2 aromatic rings. The van der Waals surface area contributed by atoms with Gasteiger partial charge in [-0.15, -0.1) is 0 Å². The van der Waals surface area contributed by atoms with Crippen LogP contribution in [0, 0.1) is 23.3 Å². The van der Waals surface area contributed by atoms with Crippen molar-refractivity contribution in [3.05, 3.63) is 65.6 Å². The van der Waals surface area contributed by atoms with E-state index in [1.165, 1.54) is 19.2 Å². The van der Waals surface area contributed by atoms with E-state index in [4.69, 9.17) is 4.74 Å². The molecule has 0 atom stereocenters. The minimum Gasteiger partial charge on any atom is -0.462 e. The molecule has 126 valence electrons. The molecule has 0 unspecified atom stereocenters. The predicted octanol–water partition coefficient (Wildman–Crippen LogP) is 3.65. The first-order valence-corrected chi connectivity index (χ1v) is 6.82. The molecule has 1 N–H and O–H groups in total. The molecule has 0 aliphatic rings. The van der Waals surface area contributed by atoms with Gasteiger partial charge in [-0.05, 0) is 19.1 Å². The molecule has 0 spiro atoms. The van der Waals surface area contributed by atoms with E-state index in [0.717, 1.165) is 12.4 Å². The van der Waals surface area contributed by atoms with Gasteiger partial charge in [0.1, 0.15) is 5.82 Å². The van der Waals surface area contributed by atoms with Gasteiger partial charge in [-0.25, -0.2) is 22.4 Å². The Kier molecular flexibility index (Phi) is 5.51. The summed E-state index contributed by atoms with van der Waals surface area (Å²) in [6.07, 6.45) is 3.17. The number of carbonyl (C=O) groups excluding carboxylic acids is 1. The fourth-order valence-electron chi connectivity index (χ4n) is 1.83. The highest BCUT2D eigenvalue weighted by atomic mass is 19.2. The van der Waals surface area contributed by atoms with Crippen molar-refractivity contribution in [2.24, 2.45) is 0 Å². The molecule has 2 rings (SSSR count). The van der Waals surface area contributed by atoms with Crippen LogP contribution in [-0.2, 0) is 9.53 Å². The molecule has 0 aliphatic heterocycles. The van der Waals surface area contributed by atoms with Gasteiger partial charge < -0.3 is 10.1 Å². The number of hydrogen-bond acceptors (Lipinski definition) is 4. The number of nitrogens with zero attached hydrogens (tertiary/aromatic N) is 1. The van der Waals surface area contributed by atoms with Crippen molar-refractivity contribution in [2.45, 2.75) is 6.92 Å². The maximum atomic E-state index is 13.9. The maximum Gasteiger partial charge on any atom is 0.340 e. The van der Waals surface area contributed by atoms with Gasteiger partial charge in [0.05, 0.1) is 24.1 Å². The molecule has 0 radical (unpaired) electrons. The number of ether oxygens (including phenoxy) is 1. The van der Waals surface area contributed by atoms with Gasteiger partial charge >= 0.3 is 5.97 Å². The first-order valence-electron chi connectivity index (χ1n) is 6.82. The third kappa shape index (κ3) is 3.89. The van der Waals surface area contributed by atoms with Crippen molar-refractivity contribution >= 4 is 17.2 Å². The molecule has 0 saturated heterocycles. The molecule has 0 amide bonds. The van der Waals surface area contributed by atoms with Crippen LogP contribution in [0.4, 0.5) is 23.2 Å². The van der Waals surface area contributed by atoms with Gasteiger partial charge in [-0.1, -0.05) is 0 Å². The zero-order valence-electron chi connectivity index (χ0n) is 12.4. The second-order valence-electron chi connectivity index (χ2n) is 4.52. The number of nitrogens with one attached hydrogen (secondary N) is 1. The van der Waals surface area contributed by atoms with E-state index in [9.17, 15) is 22.4 Å². The lowest BCUT2D eigenvalue weighted by Gasteiger charge is -2.10. The highest BCUT2D eigenvalue weighted by Gasteiger charge is 2.20. The lowest BCUT2D eigenvalue weighted by molar-refractivity contribution is -0.136. The van der Waals surface area contributed by atoms with Gasteiger partial charge in [0, 0.05) is 24.0 Å². The van der Waals surface area contributed by atoms with Gasteiger partial charge in [0.25, 0.3) is 0 Å². The van der Waals surface area contributed by atoms with Crippen LogP contribution in [0.1, 0.15) is 12.5 Å². The SMILES string of the molecule is CCOC(=O)C(=CNc1ccncc1F)c1cc(F)c(F)cc1F. The quantitative estimate of drug-likeness (QED) is 0.391. The Morgan fingerprint density at radius 2 is 1.88 bits per heavy atom. The third-order valence-corrected chi connectivity index (χ3v) is 2.94. The van der Waals surface area contributed by atoms with Gasteiger partial charge in [-0.3, -0.25) is 4.98 Å². The lowest BCUT2D eigenvalue weighted by atomic mass is 10.1. The second-order valence-corrected chi connectivity index (χ2v) is 4.52. The molecule has 0 aliphatic carbocycles. The van der Waals surface area contributed by atoms with E-state index >= 15 is 0 Å². The summed E-state index contributed by atoms with van der Waals surface area (Å²) >= 11 is 0. The molecule has 8 heteroatoms. The Morgan fingerprint density at radius 1 is 1.17 bits per heavy atom. The van der Waals surface area contributed by atoms with E-state index in [2.05, 4.69) is 10.3 Å². The molecular formula is C16H12F4N2O2. The number of anilines is 1. The van der Waals surface area contributed by atoms with E-state index in [1.807, 2.05) is 0 Å². The summed E-state index contributed by atoms with van der Waals surface area (Å²) in [5.74, 6) is -5.60. The second kappa shape index (κ2) is 7.58. The molecule has 24 heavy (non-hydrogen) atoms. The van der Waals surface area contributed by atoms with Gasteiger partial charge in [0.2, 0.25) is 0 Å². The van der Waals surface area contributed by atoms with Crippen molar-refractivity contribution in [1.82, 2.24) is 4.98 Å². The zero-order chi connectivity index (χ0) is 17.7. The van der Waals surface area contributed by atoms with Crippen LogP contribution >= 0.6 is 0 Å². The summed E-state index contributed by atoms with van der Waals surface area (Å²) in [7, 11) is 0. The Balaban J connectivity index is 2.46. The largest absolute Gasteiger partial charge is 0.462 e. The smallest absolute Gasteiger partial charge is 0.340 e. The van der Waals surface area contributed by atoms with Crippen molar-refractivity contribution in [1.29, 1.82) is 0 Å². The van der Waals surface area contributed by atoms with Gasteiger partial charge in [-0.2, -0.15) is 0 Å². The predicted molar refractivity (Wildman–Crippen MR) is 78.7 cm³/mol. The van der Waals surface area contributed by atoms with Gasteiger partial charge in [0.15, 0.2) is 17.5 Å². The number of halogens is 4. The molecule has 0 saturated carbocycles. The lowest BCUT2D eigenvalue weighted by Crippen LogP contribution is -2.11. The maximum absolute atomic E-state index is 13.9. The monoisotopic (exact) mass is 340 g/mol. The van der Waals surface area contributed by atoms with Crippen molar-refractivity contribution < 1.29 is 27.1 Å². The van der Waals surface area contributed by atoms with E-state index in [0.29, 0.717) is 12.1 Å². The van der Waals surface area contributed by atoms with Crippen molar-refractivity contribution in [2.75, 3.05) is 11.9 Å². The topological polar surface area (TPSA) is 51.2 Å². The number of esters is 1. The first kappa shape index (κ1) is 17.5. The van der Waals surface area contributed by atoms with Crippen molar-refractivity contribution in [3.8, 4) is 0 Å². The van der Waals surface area contributed by atoms with Crippen molar-refractivity contribution in [3.63, 3.8) is 0 Å². The molecule has 1 aromatic heterocycles. The minimum atomic E-state index is -1.40. The fraction of sp³-hybridized carbons (Fsp3) is 0.125. The summed E-state index contributed by atoms with van der Waals surface area (Å²) in [5.41, 5.74) is -0.992. The molecule has 0 bridgehead atoms. The Labute approximate surface area is 134 Å². The molecular weight excluding hydrogens is 328 g/mol. The number of hydrogen-bond donors (Lipinski definition) is 1. The van der Waals surface area contributed by atoms with Crippen LogP contribution in [0.2, 0.25) is 0 Å². The van der Waals surface area contributed by atoms with E-state index in [1.54, 1.807) is 0 Å². The van der Waals surface area contributed by atoms with Crippen LogP contribution in [0.5, 0.6) is 0 Å². The number of pyridine rings is 1. The van der Waals surface area contributed by atoms with E-state index in [-0.39, 0.29) is 12.3 Å². The van der Waals surface area contributed by atoms with Crippen LogP contribution in [-0.4, -0.2) is 17.6 Å². The minimum absolute atomic E-state index is 0.0227. The number of aromatic nitrogens is 1. The fourth-order valence-corrected chi connectivity index (χ4v) is 1.83. The Bertz CT molecular complexity index is 794. The molecule has 0 fully saturated rings. The van der Waals surface area contributed by atoms with Crippen LogP contribution in [0.15, 0.2) is 36.8 Å². The number of carbonyl (C=O) groups is 1. The standard InChI is InChI=1S/C16H12F4N2O2/c1-2-24-16(23)10(7-22-15-3-4-21-8-14(15)20)9-5-12(18)13(19)6-11(9)17/h3-8H,2H2,1H3,(H,21,22). The highest BCUT2D eigenvalue weighted by molar-refractivity contribution is 6.16. The summed E-state index contributed by atoms with van der Waals surface area (Å²) < 4.78 is 58.7. The van der Waals surface area contributed by atoms with Crippen LogP contribution < -0.4 is 5.32 Å². The summed E-state index contributed by atoms with van der Waals surface area (Å²) in [6, 6.07) is 2.11. The Morgan fingerprint density at radius 3 is 2.54 bits per heavy atom. The average Bonchev–Trinajstić information content (AvgIpc) is 2.54. The molecule has 1 aromatic carbocycles. The third-order valence-electron chi connectivity index (χ3n) is 2.94. The zero-order valence-corrected chi connectivity index (χ0v) is 12.4. The average molecular weight is 340 g/mol. The normalized spacial score (nSPS) is 11.3. The summed E-state index contributed by atoms with van der Waals surface area (Å²) in [6.45, 7) is 1.50. The summed E-state index contributed by atoms with van der Waals surface area (Å²) in [4.78, 5) is 15.5. The van der Waals surface area contributed by atoms with Crippen LogP contribution in [0.25, 0.3) is 5.57 Å². The number of rotatable bonds is 5. The van der Waals surface area contributed by atoms with Crippen LogP contribution in [0.3, 0.4) is 0 Å². The number of benzene rings is 1. The Hall–Kier alpha value is -2.90. The molecule has 4 nitrogen and oxygen atoms in total. The highest BCUT2D eigenvalue weighted by Crippen LogP contribution is 2.23. The first-order chi connectivity index (χ1) is 11.4.